The second-order valence-electron chi connectivity index (χ2n) is 9.17. The quantitative estimate of drug-likeness (QED) is 0.649. The summed E-state index contributed by atoms with van der Waals surface area (Å²) in [4.78, 5) is 3.02. The van der Waals surface area contributed by atoms with Crippen LogP contribution in [0, 0.1) is 5.82 Å². The summed E-state index contributed by atoms with van der Waals surface area (Å²) in [6.45, 7) is 11.6. The first-order valence-electron chi connectivity index (χ1n) is 10.7. The van der Waals surface area contributed by atoms with Crippen molar-refractivity contribution in [2.24, 2.45) is 0 Å². The molecule has 1 aliphatic rings. The number of nitrogens with one attached hydrogen (secondary N) is 2. The van der Waals surface area contributed by atoms with Gasteiger partial charge in [0.25, 0.3) is 0 Å². The predicted octanol–water partition coefficient (Wildman–Crippen LogP) is 0.640. The average molecular weight is 411 g/mol. The van der Waals surface area contributed by atoms with Crippen LogP contribution in [0.3, 0.4) is 0 Å². The van der Waals surface area contributed by atoms with E-state index in [1.165, 1.54) is 22.6 Å². The Morgan fingerprint density at radius 2 is 1.63 bits per heavy atom. The molecular formula is C23H31FN6+2. The minimum Gasteiger partial charge on any atom is -0.322 e. The molecule has 1 fully saturated rings. The lowest BCUT2D eigenvalue weighted by atomic mass is 10.0. The molecule has 7 heteroatoms. The van der Waals surface area contributed by atoms with Crippen molar-refractivity contribution in [3.05, 3.63) is 77.4 Å². The Kier molecular flexibility index (Phi) is 5.92. The van der Waals surface area contributed by atoms with E-state index < -0.39 is 0 Å². The molecule has 0 radical (unpaired) electrons. The fraction of sp³-hybridized carbons (Fsp3) is 0.435. The molecule has 2 N–H and O–H groups in total. The van der Waals surface area contributed by atoms with Crippen molar-refractivity contribution in [2.45, 2.75) is 38.9 Å². The van der Waals surface area contributed by atoms with E-state index in [0.717, 1.165) is 44.1 Å². The minimum atomic E-state index is -0.225. The first kappa shape index (κ1) is 20.6. The maximum Gasteiger partial charge on any atom is 0.214 e. The highest BCUT2D eigenvalue weighted by molar-refractivity contribution is 5.23. The Labute approximate surface area is 177 Å². The smallest absolute Gasteiger partial charge is 0.214 e. The van der Waals surface area contributed by atoms with Crippen LogP contribution in [0.1, 0.15) is 43.8 Å². The summed E-state index contributed by atoms with van der Waals surface area (Å²) in [7, 11) is 0. The zero-order valence-electron chi connectivity index (χ0n) is 18.0. The van der Waals surface area contributed by atoms with Crippen molar-refractivity contribution in [1.29, 1.82) is 0 Å². The molecule has 30 heavy (non-hydrogen) atoms. The molecule has 2 aromatic carbocycles. The molecule has 0 unspecified atom stereocenters. The van der Waals surface area contributed by atoms with Crippen molar-refractivity contribution in [2.75, 3.05) is 26.2 Å². The molecule has 6 nitrogen and oxygen atoms in total. The van der Waals surface area contributed by atoms with Gasteiger partial charge < -0.3 is 9.80 Å². The second kappa shape index (κ2) is 8.62. The topological polar surface area (TPSA) is 52.5 Å². The number of quaternary nitrogens is 2. The van der Waals surface area contributed by atoms with Gasteiger partial charge in [-0.2, -0.15) is 0 Å². The molecule has 0 bridgehead atoms. The zero-order valence-corrected chi connectivity index (χ0v) is 18.0. The number of piperazine rings is 1. The summed E-state index contributed by atoms with van der Waals surface area (Å²) < 4.78 is 15.5. The van der Waals surface area contributed by atoms with Crippen LogP contribution in [-0.4, -0.2) is 46.4 Å². The maximum absolute atomic E-state index is 13.6. The van der Waals surface area contributed by atoms with E-state index in [0.29, 0.717) is 0 Å². The third-order valence-electron chi connectivity index (χ3n) is 5.90. The summed E-state index contributed by atoms with van der Waals surface area (Å²) in [5, 5.41) is 12.7. The number of halogens is 1. The molecule has 0 aliphatic carbocycles. The van der Waals surface area contributed by atoms with Crippen molar-refractivity contribution in [1.82, 2.24) is 20.2 Å². The van der Waals surface area contributed by atoms with Crippen LogP contribution in [-0.2, 0) is 12.1 Å². The molecule has 2 heterocycles. The first-order chi connectivity index (χ1) is 14.4. The molecule has 3 aromatic rings. The minimum absolute atomic E-state index is 0.0156. The normalized spacial score (nSPS) is 20.8. The summed E-state index contributed by atoms with van der Waals surface area (Å²) in [6.07, 6.45) is 0. The molecular weight excluding hydrogens is 379 g/mol. The summed E-state index contributed by atoms with van der Waals surface area (Å²) in [6, 6.07) is 17.5. The van der Waals surface area contributed by atoms with E-state index in [9.17, 15) is 4.39 Å². The van der Waals surface area contributed by atoms with Crippen molar-refractivity contribution in [3.63, 3.8) is 0 Å². The van der Waals surface area contributed by atoms with Gasteiger partial charge in [-0.1, -0.05) is 30.3 Å². The lowest BCUT2D eigenvalue weighted by Gasteiger charge is -2.35. The lowest BCUT2D eigenvalue weighted by Crippen LogP contribution is -3.27. The van der Waals surface area contributed by atoms with Gasteiger partial charge in [-0.25, -0.2) is 9.07 Å². The molecule has 4 rings (SSSR count). The lowest BCUT2D eigenvalue weighted by molar-refractivity contribution is -1.03. The molecule has 158 valence electrons. The van der Waals surface area contributed by atoms with E-state index in [2.05, 4.69) is 66.6 Å². The molecule has 1 aromatic heterocycles. The molecule has 1 saturated heterocycles. The van der Waals surface area contributed by atoms with Gasteiger partial charge in [0.05, 0.1) is 5.54 Å². The number of aromatic nitrogens is 4. The number of rotatable bonds is 5. The number of tetrazole rings is 1. The predicted molar refractivity (Wildman–Crippen MR) is 113 cm³/mol. The van der Waals surface area contributed by atoms with Gasteiger partial charge in [-0.15, -0.1) is 5.10 Å². The van der Waals surface area contributed by atoms with Crippen LogP contribution in [0.25, 0.3) is 0 Å². The van der Waals surface area contributed by atoms with Crippen LogP contribution in [0.2, 0.25) is 0 Å². The zero-order chi connectivity index (χ0) is 21.1. The summed E-state index contributed by atoms with van der Waals surface area (Å²) in [5.41, 5.74) is 2.21. The Morgan fingerprint density at radius 3 is 2.27 bits per heavy atom. The Hall–Kier alpha value is -2.64. The number of hydrogen-bond acceptors (Lipinski definition) is 3. The van der Waals surface area contributed by atoms with E-state index in [1.807, 2.05) is 16.8 Å². The maximum atomic E-state index is 13.6. The summed E-state index contributed by atoms with van der Waals surface area (Å²) in [5.74, 6) is 0.621. The van der Waals surface area contributed by atoms with Gasteiger partial charge >= 0.3 is 0 Å². The van der Waals surface area contributed by atoms with Crippen molar-refractivity contribution in [3.8, 4) is 0 Å². The van der Waals surface area contributed by atoms with E-state index in [4.69, 9.17) is 0 Å². The molecule has 1 atom stereocenters. The first-order valence-corrected chi connectivity index (χ1v) is 10.7. The fourth-order valence-electron chi connectivity index (χ4n) is 4.35. The van der Waals surface area contributed by atoms with Gasteiger partial charge in [0, 0.05) is 11.1 Å². The standard InChI is InChI=1S/C23H29FN6/c1-23(2,3)30-22(25-26-27-30)21(19-9-11-20(24)12-10-19)29-15-13-28(14-16-29)17-18-7-5-4-6-8-18/h4-12,21H,13-17H2,1-3H3/p+2/t21-/m0/s1. The van der Waals surface area contributed by atoms with Gasteiger partial charge in [0.1, 0.15) is 38.5 Å². The second-order valence-corrected chi connectivity index (χ2v) is 9.17. The van der Waals surface area contributed by atoms with Crippen LogP contribution < -0.4 is 9.80 Å². The number of hydrogen-bond donors (Lipinski definition) is 2. The van der Waals surface area contributed by atoms with Crippen molar-refractivity contribution >= 4 is 0 Å². The Morgan fingerprint density at radius 1 is 0.967 bits per heavy atom. The molecule has 1 aliphatic heterocycles. The number of nitrogens with zero attached hydrogens (tertiary/aromatic N) is 4. The highest BCUT2D eigenvalue weighted by Gasteiger charge is 2.37. The number of benzene rings is 2. The van der Waals surface area contributed by atoms with Crippen LogP contribution in [0.5, 0.6) is 0 Å². The van der Waals surface area contributed by atoms with E-state index in [1.54, 1.807) is 4.90 Å². The van der Waals surface area contributed by atoms with E-state index >= 15 is 0 Å². The Bertz CT molecular complexity index is 940. The molecule has 0 spiro atoms. The third kappa shape index (κ3) is 4.57. The summed E-state index contributed by atoms with van der Waals surface area (Å²) >= 11 is 0. The monoisotopic (exact) mass is 410 g/mol. The highest BCUT2D eigenvalue weighted by Crippen LogP contribution is 2.22. The molecule has 0 saturated carbocycles. The largest absolute Gasteiger partial charge is 0.322 e. The molecule has 0 amide bonds. The average Bonchev–Trinajstić information content (AvgIpc) is 3.22. The van der Waals surface area contributed by atoms with Crippen molar-refractivity contribution < 1.29 is 14.2 Å². The van der Waals surface area contributed by atoms with Gasteiger partial charge in [0.2, 0.25) is 5.82 Å². The third-order valence-corrected chi connectivity index (χ3v) is 5.90. The Balaban J connectivity index is 1.57. The fourth-order valence-corrected chi connectivity index (χ4v) is 4.35. The van der Waals surface area contributed by atoms with Crippen LogP contribution in [0.15, 0.2) is 54.6 Å². The van der Waals surface area contributed by atoms with E-state index in [-0.39, 0.29) is 17.4 Å². The van der Waals surface area contributed by atoms with Gasteiger partial charge in [0.15, 0.2) is 6.04 Å². The SMILES string of the molecule is CC(C)(C)n1nnnc1[C@H](c1ccc(F)cc1)[NH+]1CC[NH+](Cc2ccccc2)CC1. The van der Waals surface area contributed by atoms with Crippen LogP contribution in [0.4, 0.5) is 4.39 Å². The van der Waals surface area contributed by atoms with Gasteiger partial charge in [-0.05, 0) is 55.5 Å². The van der Waals surface area contributed by atoms with Gasteiger partial charge in [-0.3, -0.25) is 0 Å². The van der Waals surface area contributed by atoms with Crippen LogP contribution >= 0.6 is 0 Å². The highest BCUT2D eigenvalue weighted by atomic mass is 19.1.